The lowest BCUT2D eigenvalue weighted by atomic mass is 10.0. The lowest BCUT2D eigenvalue weighted by Gasteiger charge is -2.15. The molecule has 2 heterocycles. The van der Waals surface area contributed by atoms with E-state index in [1.54, 1.807) is 6.33 Å². The average molecular weight is 263 g/mol. The third kappa shape index (κ3) is 2.06. The summed E-state index contributed by atoms with van der Waals surface area (Å²) >= 11 is 1.43. The first-order valence-electron chi connectivity index (χ1n) is 6.25. The highest BCUT2D eigenvalue weighted by Gasteiger charge is 2.41. The molecule has 1 fully saturated rings. The lowest BCUT2D eigenvalue weighted by molar-refractivity contribution is 0.501. The molecule has 18 heavy (non-hydrogen) atoms. The minimum absolute atomic E-state index is 0.406. The zero-order valence-corrected chi connectivity index (χ0v) is 11.3. The third-order valence-corrected chi connectivity index (χ3v) is 4.55. The maximum Gasteiger partial charge on any atom is 0.149 e. The topological polar surface area (TPSA) is 76.7 Å². The summed E-state index contributed by atoms with van der Waals surface area (Å²) in [5, 5.41) is 4.52. The Morgan fingerprint density at radius 2 is 2.28 bits per heavy atom. The van der Waals surface area contributed by atoms with E-state index in [0.29, 0.717) is 5.41 Å². The molecule has 0 aromatic carbocycles. The number of aromatic nitrogens is 3. The van der Waals surface area contributed by atoms with Crippen LogP contribution in [0.4, 0.5) is 5.82 Å². The van der Waals surface area contributed by atoms with Crippen molar-refractivity contribution >= 4 is 27.6 Å². The van der Waals surface area contributed by atoms with Crippen LogP contribution in [0, 0.1) is 12.3 Å². The Kier molecular flexibility index (Phi) is 2.91. The fourth-order valence-corrected chi connectivity index (χ4v) is 3.07. The molecule has 1 aliphatic carbocycles. The first-order chi connectivity index (χ1) is 8.74. The van der Waals surface area contributed by atoms with Crippen molar-refractivity contribution in [3.63, 3.8) is 0 Å². The summed E-state index contributed by atoms with van der Waals surface area (Å²) < 4.78 is 4.33. The molecular formula is C12H17N5S. The van der Waals surface area contributed by atoms with Gasteiger partial charge in [-0.25, -0.2) is 9.97 Å². The van der Waals surface area contributed by atoms with Crippen molar-refractivity contribution in [2.75, 3.05) is 18.4 Å². The minimum atomic E-state index is 0.406. The third-order valence-electron chi connectivity index (χ3n) is 3.71. The van der Waals surface area contributed by atoms with E-state index in [4.69, 9.17) is 5.73 Å². The van der Waals surface area contributed by atoms with E-state index in [0.717, 1.165) is 41.2 Å². The Labute approximate surface area is 110 Å². The molecule has 0 aliphatic heterocycles. The smallest absolute Gasteiger partial charge is 0.149 e. The van der Waals surface area contributed by atoms with Crippen LogP contribution < -0.4 is 11.1 Å². The highest BCUT2D eigenvalue weighted by molar-refractivity contribution is 7.13. The van der Waals surface area contributed by atoms with Gasteiger partial charge in [-0.2, -0.15) is 4.37 Å². The summed E-state index contributed by atoms with van der Waals surface area (Å²) in [5.41, 5.74) is 7.07. The monoisotopic (exact) mass is 263 g/mol. The lowest BCUT2D eigenvalue weighted by Crippen LogP contribution is -2.19. The number of nitrogens with two attached hydrogens (primary N) is 1. The number of hydrogen-bond acceptors (Lipinski definition) is 6. The largest absolute Gasteiger partial charge is 0.369 e. The van der Waals surface area contributed by atoms with Gasteiger partial charge in [0, 0.05) is 6.54 Å². The molecule has 0 radical (unpaired) electrons. The normalized spacial score (nSPS) is 17.0. The summed E-state index contributed by atoms with van der Waals surface area (Å²) in [4.78, 5) is 9.54. The predicted molar refractivity (Wildman–Crippen MR) is 73.8 cm³/mol. The Morgan fingerprint density at radius 1 is 1.44 bits per heavy atom. The minimum Gasteiger partial charge on any atom is -0.369 e. The summed E-state index contributed by atoms with van der Waals surface area (Å²) in [7, 11) is 0. The van der Waals surface area contributed by atoms with Crippen molar-refractivity contribution in [2.45, 2.75) is 26.2 Å². The van der Waals surface area contributed by atoms with Crippen molar-refractivity contribution in [1.82, 2.24) is 14.3 Å². The van der Waals surface area contributed by atoms with Gasteiger partial charge in [-0.1, -0.05) is 0 Å². The second-order valence-corrected chi connectivity index (χ2v) is 5.81. The van der Waals surface area contributed by atoms with Gasteiger partial charge >= 0.3 is 0 Å². The van der Waals surface area contributed by atoms with Crippen LogP contribution in [0.25, 0.3) is 10.2 Å². The van der Waals surface area contributed by atoms with Gasteiger partial charge in [0.15, 0.2) is 0 Å². The molecule has 6 heteroatoms. The second-order valence-electron chi connectivity index (χ2n) is 5.06. The molecular weight excluding hydrogens is 246 g/mol. The number of aryl methyl sites for hydroxylation is 1. The standard InChI is InChI=1S/C12H17N5S/c1-8-9-10(15-7-16-11(9)18-17-8)14-6-12(2-3-12)4-5-13/h7H,2-6,13H2,1H3,(H,14,15,16). The van der Waals surface area contributed by atoms with Crippen molar-refractivity contribution < 1.29 is 0 Å². The van der Waals surface area contributed by atoms with Crippen LogP contribution in [0.1, 0.15) is 25.0 Å². The summed E-state index contributed by atoms with van der Waals surface area (Å²) in [5.74, 6) is 0.912. The molecule has 2 aromatic heterocycles. The van der Waals surface area contributed by atoms with E-state index in [1.165, 1.54) is 24.4 Å². The highest BCUT2D eigenvalue weighted by atomic mass is 32.1. The summed E-state index contributed by atoms with van der Waals surface area (Å²) in [6.45, 7) is 3.71. The molecule has 2 aromatic rings. The highest BCUT2D eigenvalue weighted by Crippen LogP contribution is 2.48. The van der Waals surface area contributed by atoms with Crippen LogP contribution in [0.15, 0.2) is 6.33 Å². The molecule has 5 nitrogen and oxygen atoms in total. The van der Waals surface area contributed by atoms with Crippen LogP contribution >= 0.6 is 11.5 Å². The van der Waals surface area contributed by atoms with Crippen LogP contribution in [0.5, 0.6) is 0 Å². The van der Waals surface area contributed by atoms with Gasteiger partial charge in [-0.3, -0.25) is 0 Å². The van der Waals surface area contributed by atoms with Crippen LogP contribution in [0.2, 0.25) is 0 Å². The van der Waals surface area contributed by atoms with Gasteiger partial charge < -0.3 is 11.1 Å². The van der Waals surface area contributed by atoms with E-state index in [1.807, 2.05) is 6.92 Å². The number of nitrogens with zero attached hydrogens (tertiary/aromatic N) is 3. The number of hydrogen-bond donors (Lipinski definition) is 2. The molecule has 0 unspecified atom stereocenters. The quantitative estimate of drug-likeness (QED) is 0.862. The van der Waals surface area contributed by atoms with Crippen molar-refractivity contribution in [3.8, 4) is 0 Å². The maximum atomic E-state index is 5.66. The predicted octanol–water partition coefficient (Wildman–Crippen LogP) is 1.94. The van der Waals surface area contributed by atoms with Gasteiger partial charge in [0.05, 0.1) is 11.1 Å². The molecule has 0 bridgehead atoms. The zero-order chi connectivity index (χ0) is 12.6. The first kappa shape index (κ1) is 11.8. The van der Waals surface area contributed by atoms with Gasteiger partial charge in [0.1, 0.15) is 17.0 Å². The van der Waals surface area contributed by atoms with E-state index < -0.39 is 0 Å². The number of anilines is 1. The Morgan fingerprint density at radius 3 is 3.00 bits per heavy atom. The van der Waals surface area contributed by atoms with Crippen molar-refractivity contribution in [1.29, 1.82) is 0 Å². The number of rotatable bonds is 5. The molecule has 96 valence electrons. The van der Waals surface area contributed by atoms with Crippen molar-refractivity contribution in [2.24, 2.45) is 11.1 Å². The maximum absolute atomic E-state index is 5.66. The molecule has 3 N–H and O–H groups in total. The first-order valence-corrected chi connectivity index (χ1v) is 7.02. The van der Waals surface area contributed by atoms with Crippen molar-refractivity contribution in [3.05, 3.63) is 12.0 Å². The van der Waals surface area contributed by atoms with Crippen LogP contribution in [-0.2, 0) is 0 Å². The fourth-order valence-electron chi connectivity index (χ4n) is 2.33. The van der Waals surface area contributed by atoms with E-state index >= 15 is 0 Å². The van der Waals surface area contributed by atoms with Gasteiger partial charge in [-0.15, -0.1) is 0 Å². The van der Waals surface area contributed by atoms with E-state index in [-0.39, 0.29) is 0 Å². The zero-order valence-electron chi connectivity index (χ0n) is 10.4. The van der Waals surface area contributed by atoms with E-state index in [2.05, 4.69) is 19.7 Å². The Balaban J connectivity index is 1.80. The second kappa shape index (κ2) is 4.44. The van der Waals surface area contributed by atoms with Crippen LogP contribution in [-0.4, -0.2) is 27.4 Å². The molecule has 0 saturated heterocycles. The Bertz CT molecular complexity index is 561. The van der Waals surface area contributed by atoms with E-state index in [9.17, 15) is 0 Å². The van der Waals surface area contributed by atoms with Gasteiger partial charge in [0.2, 0.25) is 0 Å². The number of nitrogens with one attached hydrogen (secondary N) is 1. The molecule has 1 saturated carbocycles. The molecule has 1 aliphatic rings. The molecule has 0 atom stereocenters. The molecule has 3 rings (SSSR count). The SMILES string of the molecule is Cc1nsc2ncnc(NCC3(CCN)CC3)c12. The Hall–Kier alpha value is -1.27. The van der Waals surface area contributed by atoms with Crippen LogP contribution in [0.3, 0.4) is 0 Å². The van der Waals surface area contributed by atoms with Gasteiger partial charge in [0.25, 0.3) is 0 Å². The molecule has 0 spiro atoms. The van der Waals surface area contributed by atoms with Gasteiger partial charge in [-0.05, 0) is 49.7 Å². The number of fused-ring (bicyclic) bond motifs is 1. The fraction of sp³-hybridized carbons (Fsp3) is 0.583. The summed E-state index contributed by atoms with van der Waals surface area (Å²) in [6.07, 6.45) is 5.23. The average Bonchev–Trinajstić information content (AvgIpc) is 3.04. The molecule has 0 amide bonds. The summed E-state index contributed by atoms with van der Waals surface area (Å²) in [6, 6.07) is 0.